The first kappa shape index (κ1) is 19.7. The molecule has 0 N–H and O–H groups in total. The van der Waals surface area contributed by atoms with Crippen molar-refractivity contribution in [3.63, 3.8) is 0 Å². The van der Waals surface area contributed by atoms with E-state index in [1.54, 1.807) is 0 Å². The quantitative estimate of drug-likeness (QED) is 0.334. The molecule has 0 radical (unpaired) electrons. The van der Waals surface area contributed by atoms with E-state index in [0.717, 1.165) is 12.1 Å². The lowest BCUT2D eigenvalue weighted by Gasteiger charge is -2.30. The maximum absolute atomic E-state index is 13.4. The molecule has 0 unspecified atom stereocenters. The number of alkyl halides is 5. The number of hydrogen-bond acceptors (Lipinski definition) is 4. The molecule has 23 heavy (non-hydrogen) atoms. The molecule has 0 aliphatic heterocycles. The van der Waals surface area contributed by atoms with E-state index in [2.05, 4.69) is 0 Å². The SMILES string of the molecule is CC(F)(F)S(=O)(=O)[C-](C[n+]1ccccc1F)S(=O)(=O)C(F)(F)F. The first-order chi connectivity index (χ1) is 10.1. The first-order valence-corrected chi connectivity index (χ1v) is 8.52. The molecule has 1 rings (SSSR count). The molecular weight excluding hydrogens is 376 g/mol. The number of sulfone groups is 2. The van der Waals surface area contributed by atoms with E-state index in [0.29, 0.717) is 12.3 Å². The summed E-state index contributed by atoms with van der Waals surface area (Å²) in [5.41, 5.74) is -6.15. The van der Waals surface area contributed by atoms with Gasteiger partial charge in [-0.25, -0.2) is 0 Å². The summed E-state index contributed by atoms with van der Waals surface area (Å²) in [6, 6.07) is 2.79. The van der Waals surface area contributed by atoms with Crippen molar-refractivity contribution in [2.45, 2.75) is 24.2 Å². The van der Waals surface area contributed by atoms with Crippen LogP contribution >= 0.6 is 0 Å². The van der Waals surface area contributed by atoms with Crippen LogP contribution in [0.2, 0.25) is 0 Å². The second kappa shape index (κ2) is 5.92. The summed E-state index contributed by atoms with van der Waals surface area (Å²) in [6.45, 7) is -2.04. The molecule has 0 aromatic carbocycles. The van der Waals surface area contributed by atoms with Crippen molar-refractivity contribution in [3.05, 3.63) is 34.9 Å². The summed E-state index contributed by atoms with van der Waals surface area (Å²) in [6.07, 6.45) is 0.699. The van der Waals surface area contributed by atoms with Crippen molar-refractivity contribution in [1.29, 1.82) is 0 Å². The lowest BCUT2D eigenvalue weighted by molar-refractivity contribution is -0.717. The highest BCUT2D eigenvalue weighted by molar-refractivity contribution is 8.13. The van der Waals surface area contributed by atoms with E-state index in [-0.39, 0.29) is 11.5 Å². The van der Waals surface area contributed by atoms with Crippen LogP contribution < -0.4 is 4.57 Å². The third-order valence-electron chi connectivity index (χ3n) is 2.56. The molecule has 0 saturated carbocycles. The second-order valence-electron chi connectivity index (χ2n) is 4.28. The average Bonchev–Trinajstić information content (AvgIpc) is 2.34. The van der Waals surface area contributed by atoms with Crippen molar-refractivity contribution in [2.75, 3.05) is 0 Å². The second-order valence-corrected chi connectivity index (χ2v) is 8.72. The fourth-order valence-electron chi connectivity index (χ4n) is 1.37. The summed E-state index contributed by atoms with van der Waals surface area (Å²) < 4.78 is 121. The Balaban J connectivity index is 3.56. The van der Waals surface area contributed by atoms with Crippen LogP contribution in [-0.4, -0.2) is 27.6 Å². The Morgan fingerprint density at radius 1 is 1.04 bits per heavy atom. The minimum atomic E-state index is -6.63. The van der Waals surface area contributed by atoms with Gasteiger partial charge in [-0.3, -0.25) is 16.8 Å². The van der Waals surface area contributed by atoms with Crippen LogP contribution in [0.4, 0.5) is 26.3 Å². The van der Waals surface area contributed by atoms with E-state index in [4.69, 9.17) is 0 Å². The Kier molecular flexibility index (Phi) is 5.07. The maximum Gasteiger partial charge on any atom is 0.470 e. The van der Waals surface area contributed by atoms with Crippen molar-refractivity contribution in [3.8, 4) is 0 Å². The number of nitrogens with zero attached hydrogens (tertiary/aromatic N) is 1. The van der Waals surface area contributed by atoms with Gasteiger partial charge in [-0.05, 0) is 6.07 Å². The molecule has 0 atom stereocenters. The molecular formula is C10H9F6NO4S2. The van der Waals surface area contributed by atoms with Crippen molar-refractivity contribution in [2.24, 2.45) is 0 Å². The highest BCUT2D eigenvalue weighted by Crippen LogP contribution is 2.39. The molecule has 1 heterocycles. The van der Waals surface area contributed by atoms with Gasteiger partial charge in [0.15, 0.2) is 6.20 Å². The van der Waals surface area contributed by atoms with Crippen LogP contribution in [0.1, 0.15) is 6.92 Å². The van der Waals surface area contributed by atoms with Crippen molar-refractivity contribution < 1.29 is 47.7 Å². The molecule has 0 bridgehead atoms. The van der Waals surface area contributed by atoms with E-state index >= 15 is 0 Å². The molecule has 0 spiro atoms. The van der Waals surface area contributed by atoms with E-state index in [1.165, 1.54) is 0 Å². The molecule has 1 aromatic heterocycles. The smallest absolute Gasteiger partial charge is 0.255 e. The van der Waals surface area contributed by atoms with E-state index < -0.39 is 47.5 Å². The Hall–Kier alpha value is -1.37. The summed E-state index contributed by atoms with van der Waals surface area (Å²) >= 11 is 0. The molecule has 0 amide bonds. The number of halogens is 6. The van der Waals surface area contributed by atoms with Gasteiger partial charge < -0.3 is 0 Å². The molecule has 0 fully saturated rings. The fourth-order valence-corrected chi connectivity index (χ4v) is 4.52. The lowest BCUT2D eigenvalue weighted by Crippen LogP contribution is -2.49. The van der Waals surface area contributed by atoms with Crippen molar-refractivity contribution >= 4 is 19.7 Å². The Morgan fingerprint density at radius 2 is 1.57 bits per heavy atom. The van der Waals surface area contributed by atoms with Crippen LogP contribution in [0.5, 0.6) is 0 Å². The Bertz CT molecular complexity index is 738. The summed E-state index contributed by atoms with van der Waals surface area (Å²) in [5.74, 6) is -1.32. The largest absolute Gasteiger partial charge is 0.470 e. The number of pyridine rings is 1. The third-order valence-corrected chi connectivity index (χ3v) is 6.89. The number of aromatic nitrogens is 1. The Morgan fingerprint density at radius 3 is 1.96 bits per heavy atom. The molecule has 5 nitrogen and oxygen atoms in total. The topological polar surface area (TPSA) is 72.2 Å². The van der Waals surface area contributed by atoms with Gasteiger partial charge in [0.05, 0.1) is 6.54 Å². The molecule has 1 aromatic rings. The predicted octanol–water partition coefficient (Wildman–Crippen LogP) is 1.56. The molecule has 0 aliphatic rings. The van der Waals surface area contributed by atoms with Gasteiger partial charge in [-0.1, -0.05) is 0 Å². The Labute approximate surface area is 127 Å². The standard InChI is InChI=1S/C10H9F6NO4S2/c1-9(12,13)22(18,19)8(23(20,21)10(14,15)16)6-17-5-3-2-4-7(17)11/h2-5H,6H2,1H3. The van der Waals surface area contributed by atoms with Crippen LogP contribution in [-0.2, 0) is 26.2 Å². The van der Waals surface area contributed by atoms with Crippen LogP contribution in [0.25, 0.3) is 0 Å². The van der Waals surface area contributed by atoms with E-state index in [1.807, 2.05) is 0 Å². The van der Waals surface area contributed by atoms with Crippen LogP contribution in [0.3, 0.4) is 0 Å². The minimum absolute atomic E-state index is 0.141. The zero-order chi connectivity index (χ0) is 18.3. The highest BCUT2D eigenvalue weighted by Gasteiger charge is 2.52. The van der Waals surface area contributed by atoms with Crippen LogP contribution in [0.15, 0.2) is 24.4 Å². The van der Waals surface area contributed by atoms with E-state index in [9.17, 15) is 43.2 Å². The van der Waals surface area contributed by atoms with Crippen molar-refractivity contribution in [1.82, 2.24) is 0 Å². The molecule has 132 valence electrons. The molecule has 0 aliphatic carbocycles. The van der Waals surface area contributed by atoms with Gasteiger partial charge in [0.1, 0.15) is 19.7 Å². The minimum Gasteiger partial charge on any atom is -0.255 e. The summed E-state index contributed by atoms with van der Waals surface area (Å²) in [7, 11) is -12.8. The lowest BCUT2D eigenvalue weighted by atomic mass is 10.5. The van der Waals surface area contributed by atoms with Gasteiger partial charge in [0.2, 0.25) is 0 Å². The van der Waals surface area contributed by atoms with Gasteiger partial charge in [-0.2, -0.15) is 26.5 Å². The summed E-state index contributed by atoms with van der Waals surface area (Å²) in [4.78, 5) is 0. The first-order valence-electron chi connectivity index (χ1n) is 5.56. The zero-order valence-corrected chi connectivity index (χ0v) is 12.8. The molecule has 13 heteroatoms. The monoisotopic (exact) mass is 385 g/mol. The average molecular weight is 385 g/mol. The van der Waals surface area contributed by atoms with Gasteiger partial charge in [0.25, 0.3) is 0 Å². The van der Waals surface area contributed by atoms with Gasteiger partial charge in [-0.15, -0.1) is 4.39 Å². The normalized spacial score (nSPS) is 14.3. The highest BCUT2D eigenvalue weighted by atomic mass is 32.3. The zero-order valence-electron chi connectivity index (χ0n) is 11.2. The summed E-state index contributed by atoms with van der Waals surface area (Å²) in [5, 5.41) is -4.81. The number of hydrogen-bond donors (Lipinski definition) is 0. The predicted molar refractivity (Wildman–Crippen MR) is 64.4 cm³/mol. The fraction of sp³-hybridized carbons (Fsp3) is 0.400. The van der Waals surface area contributed by atoms with Gasteiger partial charge >= 0.3 is 16.7 Å². The number of rotatable bonds is 5. The van der Waals surface area contributed by atoms with Crippen LogP contribution in [0, 0.1) is 10.5 Å². The third kappa shape index (κ3) is 3.76. The molecule has 0 saturated heterocycles. The van der Waals surface area contributed by atoms with Gasteiger partial charge in [0, 0.05) is 23.6 Å². The maximum atomic E-state index is 13.4.